The van der Waals surface area contributed by atoms with Crippen LogP contribution < -0.4 is 5.73 Å². The van der Waals surface area contributed by atoms with Crippen LogP contribution in [0.4, 0.5) is 32.0 Å². The first kappa shape index (κ1) is 13.7. The van der Waals surface area contributed by atoms with Crippen molar-refractivity contribution in [1.29, 1.82) is 0 Å². The van der Waals surface area contributed by atoms with Crippen LogP contribution in [0.2, 0.25) is 0 Å². The van der Waals surface area contributed by atoms with Crippen LogP contribution in [-0.2, 0) is 5.67 Å². The normalized spacial score (nSPS) is 16.6. The molecule has 1 nitrogen and oxygen atoms in total. The average molecular weight is 257 g/mol. The summed E-state index contributed by atoms with van der Waals surface area (Å²) in [7, 11) is 0. The van der Waals surface area contributed by atoms with E-state index in [2.05, 4.69) is 0 Å². The van der Waals surface area contributed by atoms with E-state index in [0.29, 0.717) is 12.1 Å². The minimum atomic E-state index is -5.72. The van der Waals surface area contributed by atoms with E-state index < -0.39 is 23.3 Å². The monoisotopic (exact) mass is 257 g/mol. The highest BCUT2D eigenvalue weighted by Gasteiger charge is 2.69. The lowest BCUT2D eigenvalue weighted by Crippen LogP contribution is -2.51. The third-order valence-electron chi connectivity index (χ3n) is 2.30. The van der Waals surface area contributed by atoms with Gasteiger partial charge in [-0.15, -0.1) is 0 Å². The van der Waals surface area contributed by atoms with Crippen molar-refractivity contribution >= 4 is 5.69 Å². The topological polar surface area (TPSA) is 26.0 Å². The maximum absolute atomic E-state index is 13.8. The fraction of sp³-hybridized carbons (Fsp3) is 0.400. The average Bonchev–Trinajstić information content (AvgIpc) is 2.14. The summed E-state index contributed by atoms with van der Waals surface area (Å²) in [5.41, 5.74) is -0.653. The maximum Gasteiger partial charge on any atom is 0.432 e. The molecule has 7 heteroatoms. The van der Waals surface area contributed by atoms with Gasteiger partial charge in [0.15, 0.2) is 0 Å². The minimum absolute atomic E-state index is 0.0534. The molecule has 0 aliphatic rings. The van der Waals surface area contributed by atoms with Gasteiger partial charge in [0.25, 0.3) is 11.6 Å². The van der Waals surface area contributed by atoms with Crippen LogP contribution >= 0.6 is 0 Å². The van der Waals surface area contributed by atoms with E-state index in [1.165, 1.54) is 0 Å². The summed E-state index contributed by atoms with van der Waals surface area (Å²) < 4.78 is 77.1. The van der Waals surface area contributed by atoms with Crippen molar-refractivity contribution in [1.82, 2.24) is 0 Å². The highest BCUT2D eigenvalue weighted by molar-refractivity contribution is 5.42. The molecule has 0 bridgehead atoms. The van der Waals surface area contributed by atoms with E-state index >= 15 is 0 Å². The molecule has 0 aliphatic carbocycles. The second-order valence-corrected chi connectivity index (χ2v) is 3.67. The number of hydrogen-bond donors (Lipinski definition) is 1. The fourth-order valence-electron chi connectivity index (χ4n) is 1.38. The Kier molecular flexibility index (Phi) is 3.07. The molecule has 0 heterocycles. The highest BCUT2D eigenvalue weighted by atomic mass is 19.4. The van der Waals surface area contributed by atoms with Crippen molar-refractivity contribution in [2.75, 3.05) is 5.73 Å². The van der Waals surface area contributed by atoms with Gasteiger partial charge in [-0.3, -0.25) is 0 Å². The highest BCUT2D eigenvalue weighted by Crippen LogP contribution is 2.52. The lowest BCUT2D eigenvalue weighted by Gasteiger charge is -2.33. The molecule has 1 atom stereocenters. The molecule has 0 spiro atoms. The summed E-state index contributed by atoms with van der Waals surface area (Å²) in [4.78, 5) is 0. The zero-order chi connectivity index (χ0) is 13.5. The Bertz CT molecular complexity index is 375. The molecule has 17 heavy (non-hydrogen) atoms. The molecule has 0 saturated carbocycles. The van der Waals surface area contributed by atoms with Gasteiger partial charge in [0.1, 0.15) is 0 Å². The Morgan fingerprint density at radius 3 is 1.59 bits per heavy atom. The second-order valence-electron chi connectivity index (χ2n) is 3.67. The maximum atomic E-state index is 13.8. The summed E-state index contributed by atoms with van der Waals surface area (Å²) in [6, 6.07) is 3.06. The van der Waals surface area contributed by atoms with Gasteiger partial charge in [-0.25, -0.2) is 13.2 Å². The van der Waals surface area contributed by atoms with Crippen LogP contribution in [0.25, 0.3) is 0 Å². The van der Waals surface area contributed by atoms with Crippen LogP contribution in [0.3, 0.4) is 0 Å². The summed E-state index contributed by atoms with van der Waals surface area (Å²) in [6.07, 6.45) is -5.72. The van der Waals surface area contributed by atoms with Gasteiger partial charge in [-0.05, 0) is 12.1 Å². The molecule has 0 saturated heterocycles. The van der Waals surface area contributed by atoms with Crippen molar-refractivity contribution in [2.45, 2.75) is 24.7 Å². The second kappa shape index (κ2) is 3.82. The summed E-state index contributed by atoms with van der Waals surface area (Å²) in [5.74, 6) is -4.60. The molecule has 2 N–H and O–H groups in total. The van der Waals surface area contributed by atoms with E-state index in [9.17, 15) is 26.3 Å². The fourth-order valence-corrected chi connectivity index (χ4v) is 1.38. The number of nitrogens with two attached hydrogens (primary N) is 1. The van der Waals surface area contributed by atoms with Crippen molar-refractivity contribution in [3.8, 4) is 0 Å². The number of alkyl halides is 6. The zero-order valence-electron chi connectivity index (χ0n) is 8.65. The Morgan fingerprint density at radius 2 is 1.29 bits per heavy atom. The first-order chi connectivity index (χ1) is 7.50. The number of anilines is 1. The van der Waals surface area contributed by atoms with Crippen molar-refractivity contribution in [3.05, 3.63) is 29.8 Å². The molecule has 0 aliphatic heterocycles. The Hall–Kier alpha value is -1.40. The van der Waals surface area contributed by atoms with Crippen LogP contribution in [0.1, 0.15) is 12.5 Å². The molecule has 1 unspecified atom stereocenters. The van der Waals surface area contributed by atoms with Gasteiger partial charge >= 0.3 is 6.18 Å². The number of rotatable bonds is 2. The van der Waals surface area contributed by atoms with Gasteiger partial charge in [0.2, 0.25) is 0 Å². The summed E-state index contributed by atoms with van der Waals surface area (Å²) in [6.45, 7) is -0.114. The summed E-state index contributed by atoms with van der Waals surface area (Å²) >= 11 is 0. The molecule has 0 amide bonds. The standard InChI is InChI=1S/C10H9F6N/c1-8(11,12)9(13,10(14,15)16)6-2-4-7(17)5-3-6/h2-5H,17H2,1H3. The Morgan fingerprint density at radius 1 is 0.882 bits per heavy atom. The number of halogens is 6. The van der Waals surface area contributed by atoms with Crippen molar-refractivity contribution in [2.24, 2.45) is 0 Å². The Labute approximate surface area is 93.2 Å². The van der Waals surface area contributed by atoms with E-state index in [1.54, 1.807) is 0 Å². The van der Waals surface area contributed by atoms with Gasteiger partial charge in [-0.1, -0.05) is 12.1 Å². The lowest BCUT2D eigenvalue weighted by molar-refractivity contribution is -0.304. The van der Waals surface area contributed by atoms with E-state index in [0.717, 1.165) is 12.1 Å². The van der Waals surface area contributed by atoms with Crippen molar-refractivity contribution in [3.63, 3.8) is 0 Å². The predicted octanol–water partition coefficient (Wildman–Crippen LogP) is 3.65. The van der Waals surface area contributed by atoms with Gasteiger partial charge < -0.3 is 5.73 Å². The van der Waals surface area contributed by atoms with Crippen molar-refractivity contribution < 1.29 is 26.3 Å². The zero-order valence-corrected chi connectivity index (χ0v) is 8.65. The van der Waals surface area contributed by atoms with Gasteiger partial charge in [-0.2, -0.15) is 13.2 Å². The van der Waals surface area contributed by atoms with Crippen LogP contribution in [0.5, 0.6) is 0 Å². The Balaban J connectivity index is 3.41. The molecule has 1 aromatic carbocycles. The molecule has 96 valence electrons. The van der Waals surface area contributed by atoms with Crippen LogP contribution in [0, 0.1) is 0 Å². The van der Waals surface area contributed by atoms with Gasteiger partial charge in [0.05, 0.1) is 0 Å². The SMILES string of the molecule is CC(F)(F)C(F)(c1ccc(N)cc1)C(F)(F)F. The van der Waals surface area contributed by atoms with Crippen LogP contribution in [-0.4, -0.2) is 12.1 Å². The smallest absolute Gasteiger partial charge is 0.399 e. The molecule has 0 radical (unpaired) electrons. The molecule has 0 aromatic heterocycles. The van der Waals surface area contributed by atoms with E-state index in [-0.39, 0.29) is 12.6 Å². The molecule has 1 aromatic rings. The van der Waals surface area contributed by atoms with E-state index in [1.807, 2.05) is 0 Å². The number of hydrogen-bond acceptors (Lipinski definition) is 1. The predicted molar refractivity (Wildman–Crippen MR) is 50.3 cm³/mol. The quantitative estimate of drug-likeness (QED) is 0.635. The number of benzene rings is 1. The molecular formula is C10H9F6N. The summed E-state index contributed by atoms with van der Waals surface area (Å²) in [5, 5.41) is 0. The number of nitrogen functional groups attached to an aromatic ring is 1. The van der Waals surface area contributed by atoms with Crippen LogP contribution in [0.15, 0.2) is 24.3 Å². The third kappa shape index (κ3) is 2.18. The lowest BCUT2D eigenvalue weighted by atomic mass is 9.89. The first-order valence-electron chi connectivity index (χ1n) is 4.49. The molecule has 0 fully saturated rings. The van der Waals surface area contributed by atoms with E-state index in [4.69, 9.17) is 5.73 Å². The largest absolute Gasteiger partial charge is 0.432 e. The first-order valence-corrected chi connectivity index (χ1v) is 4.49. The molecule has 1 rings (SSSR count). The third-order valence-corrected chi connectivity index (χ3v) is 2.30. The molecular weight excluding hydrogens is 248 g/mol. The minimum Gasteiger partial charge on any atom is -0.399 e. The van der Waals surface area contributed by atoms with Gasteiger partial charge in [0, 0.05) is 18.2 Å².